The third-order valence-corrected chi connectivity index (χ3v) is 2.35. The zero-order valence-corrected chi connectivity index (χ0v) is 9.82. The predicted octanol–water partition coefficient (Wildman–Crippen LogP) is 2.32. The molecular formula is C13H19N3. The Morgan fingerprint density at radius 3 is 2.81 bits per heavy atom. The quantitative estimate of drug-likeness (QED) is 0.562. The average molecular weight is 217 g/mol. The Morgan fingerprint density at radius 2 is 2.19 bits per heavy atom. The van der Waals surface area contributed by atoms with E-state index in [9.17, 15) is 0 Å². The van der Waals surface area contributed by atoms with Crippen LogP contribution in [0.5, 0.6) is 0 Å². The highest BCUT2D eigenvalue weighted by molar-refractivity contribution is 4.96. The van der Waals surface area contributed by atoms with Gasteiger partial charge in [-0.3, -0.25) is 0 Å². The van der Waals surface area contributed by atoms with Gasteiger partial charge in [0.25, 0.3) is 0 Å². The van der Waals surface area contributed by atoms with Gasteiger partial charge < -0.3 is 5.32 Å². The maximum absolute atomic E-state index is 5.25. The van der Waals surface area contributed by atoms with Gasteiger partial charge in [-0.2, -0.15) is 0 Å². The van der Waals surface area contributed by atoms with E-state index in [4.69, 9.17) is 6.42 Å². The number of unbranched alkanes of at least 4 members (excludes halogenated alkanes) is 1. The molecule has 1 atom stereocenters. The summed E-state index contributed by atoms with van der Waals surface area (Å²) in [5.41, 5.74) is 0. The summed E-state index contributed by atoms with van der Waals surface area (Å²) in [6, 6.07) is 2.07. The van der Waals surface area contributed by atoms with E-state index in [2.05, 4.69) is 28.1 Å². The van der Waals surface area contributed by atoms with Crippen LogP contribution in [-0.2, 0) is 0 Å². The lowest BCUT2D eigenvalue weighted by Gasteiger charge is -2.16. The highest BCUT2D eigenvalue weighted by atomic mass is 15.0. The van der Waals surface area contributed by atoms with E-state index >= 15 is 0 Å². The molecule has 0 aromatic carbocycles. The summed E-state index contributed by atoms with van der Waals surface area (Å²) in [7, 11) is 0. The number of nitrogens with zero attached hydrogens (tertiary/aromatic N) is 2. The Kier molecular flexibility index (Phi) is 6.20. The summed E-state index contributed by atoms with van der Waals surface area (Å²) < 4.78 is 0. The van der Waals surface area contributed by atoms with Crippen molar-refractivity contribution >= 4 is 0 Å². The smallest absolute Gasteiger partial charge is 0.145 e. The van der Waals surface area contributed by atoms with Crippen molar-refractivity contribution < 1.29 is 0 Å². The molecule has 3 heteroatoms. The number of hydrogen-bond donors (Lipinski definition) is 1. The van der Waals surface area contributed by atoms with Gasteiger partial charge >= 0.3 is 0 Å². The molecule has 0 saturated carbocycles. The topological polar surface area (TPSA) is 37.8 Å². The van der Waals surface area contributed by atoms with Gasteiger partial charge in [-0.1, -0.05) is 6.92 Å². The maximum Gasteiger partial charge on any atom is 0.145 e. The molecular weight excluding hydrogens is 198 g/mol. The fraction of sp³-hybridized carbons (Fsp3) is 0.538. The van der Waals surface area contributed by atoms with Crippen molar-refractivity contribution in [1.29, 1.82) is 0 Å². The number of terminal acetylenes is 1. The summed E-state index contributed by atoms with van der Waals surface area (Å²) in [4.78, 5) is 8.57. The van der Waals surface area contributed by atoms with Crippen LogP contribution in [0.25, 0.3) is 0 Å². The second kappa shape index (κ2) is 7.84. The van der Waals surface area contributed by atoms with Crippen LogP contribution in [0.15, 0.2) is 18.5 Å². The first-order chi connectivity index (χ1) is 7.88. The third kappa shape index (κ3) is 4.41. The van der Waals surface area contributed by atoms with Gasteiger partial charge in [-0.15, -0.1) is 12.3 Å². The summed E-state index contributed by atoms with van der Waals surface area (Å²) in [6.07, 6.45) is 12.7. The van der Waals surface area contributed by atoms with Crippen molar-refractivity contribution in [3.8, 4) is 12.3 Å². The zero-order valence-electron chi connectivity index (χ0n) is 9.82. The van der Waals surface area contributed by atoms with E-state index in [1.54, 1.807) is 12.4 Å². The van der Waals surface area contributed by atoms with Crippen LogP contribution in [0, 0.1) is 12.3 Å². The van der Waals surface area contributed by atoms with E-state index in [1.165, 1.54) is 0 Å². The fourth-order valence-electron chi connectivity index (χ4n) is 1.54. The highest BCUT2D eigenvalue weighted by Crippen LogP contribution is 2.14. The van der Waals surface area contributed by atoms with Gasteiger partial charge in [-0.05, 0) is 31.9 Å². The summed E-state index contributed by atoms with van der Waals surface area (Å²) in [5, 5.41) is 3.45. The lowest BCUT2D eigenvalue weighted by molar-refractivity contribution is 0.466. The molecule has 0 radical (unpaired) electrons. The molecule has 1 heterocycles. The maximum atomic E-state index is 5.25. The molecule has 1 unspecified atom stereocenters. The molecule has 16 heavy (non-hydrogen) atoms. The number of aromatic nitrogens is 2. The van der Waals surface area contributed by atoms with Gasteiger partial charge in [0.1, 0.15) is 5.82 Å². The standard InChI is InChI=1S/C13H19N3/c1-3-5-6-8-12(14-9-4-2)13-15-10-7-11-16-13/h1,7,10-12,14H,4-6,8-9H2,2H3. The Bertz CT molecular complexity index is 316. The zero-order chi connectivity index (χ0) is 11.6. The van der Waals surface area contributed by atoms with Crippen LogP contribution >= 0.6 is 0 Å². The van der Waals surface area contributed by atoms with E-state index < -0.39 is 0 Å². The Hall–Kier alpha value is -1.40. The molecule has 0 spiro atoms. The van der Waals surface area contributed by atoms with Crippen molar-refractivity contribution in [3.05, 3.63) is 24.3 Å². The Morgan fingerprint density at radius 1 is 1.44 bits per heavy atom. The van der Waals surface area contributed by atoms with Gasteiger partial charge in [0.05, 0.1) is 6.04 Å². The molecule has 0 fully saturated rings. The number of nitrogens with one attached hydrogen (secondary N) is 1. The van der Waals surface area contributed by atoms with Crippen molar-refractivity contribution in [2.45, 2.75) is 38.6 Å². The third-order valence-electron chi connectivity index (χ3n) is 2.35. The van der Waals surface area contributed by atoms with Crippen LogP contribution in [0.3, 0.4) is 0 Å². The second-order valence-electron chi connectivity index (χ2n) is 3.71. The van der Waals surface area contributed by atoms with Crippen LogP contribution in [0.2, 0.25) is 0 Å². The van der Waals surface area contributed by atoms with Crippen molar-refractivity contribution in [2.75, 3.05) is 6.54 Å². The Labute approximate surface area is 97.7 Å². The molecule has 0 aliphatic carbocycles. The monoisotopic (exact) mass is 217 g/mol. The Balaban J connectivity index is 2.53. The molecule has 0 aliphatic rings. The van der Waals surface area contributed by atoms with Crippen LogP contribution in [0.1, 0.15) is 44.5 Å². The number of rotatable bonds is 7. The first-order valence-electron chi connectivity index (χ1n) is 5.82. The summed E-state index contributed by atoms with van der Waals surface area (Å²) >= 11 is 0. The minimum absolute atomic E-state index is 0.231. The SMILES string of the molecule is C#CCCCC(NCCC)c1ncccn1. The second-order valence-corrected chi connectivity index (χ2v) is 3.71. The van der Waals surface area contributed by atoms with E-state index in [0.717, 1.165) is 38.1 Å². The molecule has 1 aromatic heterocycles. The van der Waals surface area contributed by atoms with Gasteiger partial charge in [0.15, 0.2) is 0 Å². The summed E-state index contributed by atoms with van der Waals surface area (Å²) in [6.45, 7) is 3.14. The summed E-state index contributed by atoms with van der Waals surface area (Å²) in [5.74, 6) is 3.53. The molecule has 0 saturated heterocycles. The van der Waals surface area contributed by atoms with E-state index in [-0.39, 0.29) is 6.04 Å². The predicted molar refractivity (Wildman–Crippen MR) is 65.8 cm³/mol. The molecule has 1 aromatic rings. The van der Waals surface area contributed by atoms with Crippen molar-refractivity contribution in [3.63, 3.8) is 0 Å². The molecule has 0 amide bonds. The molecule has 1 rings (SSSR count). The lowest BCUT2D eigenvalue weighted by atomic mass is 10.1. The normalized spacial score (nSPS) is 12.0. The highest BCUT2D eigenvalue weighted by Gasteiger charge is 2.11. The fourth-order valence-corrected chi connectivity index (χ4v) is 1.54. The van der Waals surface area contributed by atoms with Gasteiger partial charge in [0, 0.05) is 18.8 Å². The van der Waals surface area contributed by atoms with Crippen molar-refractivity contribution in [2.24, 2.45) is 0 Å². The van der Waals surface area contributed by atoms with E-state index in [0.29, 0.717) is 0 Å². The number of hydrogen-bond acceptors (Lipinski definition) is 3. The molecule has 86 valence electrons. The van der Waals surface area contributed by atoms with Crippen LogP contribution < -0.4 is 5.32 Å². The van der Waals surface area contributed by atoms with Crippen LogP contribution in [0.4, 0.5) is 0 Å². The average Bonchev–Trinajstić information content (AvgIpc) is 2.35. The van der Waals surface area contributed by atoms with Crippen molar-refractivity contribution in [1.82, 2.24) is 15.3 Å². The largest absolute Gasteiger partial charge is 0.307 e. The molecule has 0 bridgehead atoms. The lowest BCUT2D eigenvalue weighted by Crippen LogP contribution is -2.23. The molecule has 3 nitrogen and oxygen atoms in total. The first kappa shape index (κ1) is 12.7. The van der Waals surface area contributed by atoms with E-state index in [1.807, 2.05) is 6.07 Å². The molecule has 0 aliphatic heterocycles. The van der Waals surface area contributed by atoms with Gasteiger partial charge in [0.2, 0.25) is 0 Å². The first-order valence-corrected chi connectivity index (χ1v) is 5.82. The van der Waals surface area contributed by atoms with Crippen LogP contribution in [-0.4, -0.2) is 16.5 Å². The van der Waals surface area contributed by atoms with Gasteiger partial charge in [-0.25, -0.2) is 9.97 Å². The minimum Gasteiger partial charge on any atom is -0.307 e. The minimum atomic E-state index is 0.231. The molecule has 1 N–H and O–H groups in total.